The highest BCUT2D eigenvalue weighted by atomic mass is 35.5. The van der Waals surface area contributed by atoms with E-state index in [9.17, 15) is 18.3 Å². The number of benzene rings is 1. The Bertz CT molecular complexity index is 975. The molecule has 0 radical (unpaired) electrons. The SMILES string of the molecule is CO[C@@H](CN(C)C(=O)c1cnccn1)[C@H](C)CN([C@@H](C)CO)S(=O)(=O)c1ccc(Cl)cc1. The smallest absolute Gasteiger partial charge is 0.273 e. The molecule has 1 N–H and O–H groups in total. The fourth-order valence-electron chi connectivity index (χ4n) is 3.19. The molecular weight excluding hydrogens is 456 g/mol. The second-order valence-electron chi connectivity index (χ2n) is 7.59. The number of ether oxygens (including phenoxy) is 1. The first-order valence-electron chi connectivity index (χ1n) is 10.0. The van der Waals surface area contributed by atoms with Crippen molar-refractivity contribution < 1.29 is 23.1 Å². The van der Waals surface area contributed by atoms with Crippen LogP contribution in [0.5, 0.6) is 0 Å². The van der Waals surface area contributed by atoms with Gasteiger partial charge >= 0.3 is 0 Å². The molecule has 32 heavy (non-hydrogen) atoms. The monoisotopic (exact) mass is 484 g/mol. The minimum absolute atomic E-state index is 0.0817. The van der Waals surface area contributed by atoms with Crippen LogP contribution in [0.15, 0.2) is 47.8 Å². The van der Waals surface area contributed by atoms with Gasteiger partial charge in [0.15, 0.2) is 0 Å². The number of aliphatic hydroxyl groups is 1. The van der Waals surface area contributed by atoms with Gasteiger partial charge in [0.25, 0.3) is 5.91 Å². The van der Waals surface area contributed by atoms with Crippen molar-refractivity contribution in [1.29, 1.82) is 0 Å². The molecule has 2 rings (SSSR count). The molecule has 1 amide bonds. The van der Waals surface area contributed by atoms with Gasteiger partial charge in [0.2, 0.25) is 10.0 Å². The van der Waals surface area contributed by atoms with Crippen molar-refractivity contribution in [2.24, 2.45) is 5.92 Å². The molecule has 11 heteroatoms. The summed E-state index contributed by atoms with van der Waals surface area (Å²) in [7, 11) is -0.765. The quantitative estimate of drug-likeness (QED) is 0.518. The molecule has 2 aromatic rings. The lowest BCUT2D eigenvalue weighted by Gasteiger charge is -2.33. The summed E-state index contributed by atoms with van der Waals surface area (Å²) >= 11 is 5.89. The van der Waals surface area contributed by atoms with Crippen LogP contribution in [0.25, 0.3) is 0 Å². The van der Waals surface area contributed by atoms with Gasteiger partial charge in [-0.1, -0.05) is 18.5 Å². The molecular formula is C21H29ClN4O5S. The number of hydrogen-bond acceptors (Lipinski definition) is 7. The number of methoxy groups -OCH3 is 1. The van der Waals surface area contributed by atoms with E-state index >= 15 is 0 Å². The molecule has 0 unspecified atom stereocenters. The normalized spacial score (nSPS) is 14.7. The Morgan fingerprint density at radius 3 is 2.38 bits per heavy atom. The lowest BCUT2D eigenvalue weighted by Crippen LogP contribution is -2.47. The van der Waals surface area contributed by atoms with Gasteiger partial charge in [0, 0.05) is 50.7 Å². The molecule has 0 aliphatic rings. The molecule has 0 aliphatic carbocycles. The van der Waals surface area contributed by atoms with Crippen molar-refractivity contribution in [2.75, 3.05) is 33.9 Å². The maximum absolute atomic E-state index is 13.3. The zero-order valence-corrected chi connectivity index (χ0v) is 20.1. The Hall–Kier alpha value is -2.11. The molecule has 0 bridgehead atoms. The topological polar surface area (TPSA) is 113 Å². The molecule has 0 spiro atoms. The summed E-state index contributed by atoms with van der Waals surface area (Å²) in [6, 6.07) is 5.21. The number of rotatable bonds is 11. The Morgan fingerprint density at radius 1 is 1.19 bits per heavy atom. The largest absolute Gasteiger partial charge is 0.395 e. The molecule has 0 fully saturated rings. The summed E-state index contributed by atoms with van der Waals surface area (Å²) in [5, 5.41) is 10.1. The number of aliphatic hydroxyl groups excluding tert-OH is 1. The van der Waals surface area contributed by atoms with Gasteiger partial charge in [-0.15, -0.1) is 0 Å². The maximum atomic E-state index is 13.3. The van der Waals surface area contributed by atoms with Crippen molar-refractivity contribution in [3.63, 3.8) is 0 Å². The second kappa shape index (κ2) is 11.7. The van der Waals surface area contributed by atoms with Gasteiger partial charge in [0.05, 0.1) is 23.8 Å². The highest BCUT2D eigenvalue weighted by molar-refractivity contribution is 7.89. The zero-order valence-electron chi connectivity index (χ0n) is 18.6. The number of halogens is 1. The summed E-state index contributed by atoms with van der Waals surface area (Å²) < 4.78 is 33.3. The Balaban J connectivity index is 2.19. The molecule has 3 atom stereocenters. The number of carbonyl (C=O) groups is 1. The van der Waals surface area contributed by atoms with E-state index in [0.29, 0.717) is 5.02 Å². The van der Waals surface area contributed by atoms with Crippen LogP contribution in [0.3, 0.4) is 0 Å². The van der Waals surface area contributed by atoms with E-state index in [-0.39, 0.29) is 42.1 Å². The first-order chi connectivity index (χ1) is 15.1. The number of amides is 1. The summed E-state index contributed by atoms with van der Waals surface area (Å²) in [6.07, 6.45) is 3.84. The zero-order chi connectivity index (χ0) is 23.9. The van der Waals surface area contributed by atoms with Crippen LogP contribution in [0.4, 0.5) is 0 Å². The van der Waals surface area contributed by atoms with Crippen LogP contribution in [0.1, 0.15) is 24.3 Å². The van der Waals surface area contributed by atoms with E-state index in [4.69, 9.17) is 16.3 Å². The van der Waals surface area contributed by atoms with E-state index in [1.54, 1.807) is 14.0 Å². The first kappa shape index (κ1) is 26.1. The highest BCUT2D eigenvalue weighted by Gasteiger charge is 2.33. The van der Waals surface area contributed by atoms with Crippen molar-refractivity contribution in [1.82, 2.24) is 19.2 Å². The van der Waals surface area contributed by atoms with Gasteiger partial charge in [-0.25, -0.2) is 13.4 Å². The lowest BCUT2D eigenvalue weighted by molar-refractivity contribution is 0.0219. The highest BCUT2D eigenvalue weighted by Crippen LogP contribution is 2.23. The summed E-state index contributed by atoms with van der Waals surface area (Å²) in [5.41, 5.74) is 0.207. The van der Waals surface area contributed by atoms with Gasteiger partial charge in [-0.2, -0.15) is 4.31 Å². The third-order valence-electron chi connectivity index (χ3n) is 5.16. The number of hydrogen-bond donors (Lipinski definition) is 1. The molecule has 9 nitrogen and oxygen atoms in total. The van der Waals surface area contributed by atoms with Crippen molar-refractivity contribution in [2.45, 2.75) is 30.9 Å². The van der Waals surface area contributed by atoms with Gasteiger partial charge < -0.3 is 14.7 Å². The molecule has 1 aromatic heterocycles. The van der Waals surface area contributed by atoms with Crippen LogP contribution < -0.4 is 0 Å². The number of sulfonamides is 1. The summed E-state index contributed by atoms with van der Waals surface area (Å²) in [5.74, 6) is -0.616. The van der Waals surface area contributed by atoms with Crippen LogP contribution in [0.2, 0.25) is 5.02 Å². The second-order valence-corrected chi connectivity index (χ2v) is 9.91. The maximum Gasteiger partial charge on any atom is 0.273 e. The van der Waals surface area contributed by atoms with Crippen molar-refractivity contribution in [3.05, 3.63) is 53.6 Å². The van der Waals surface area contributed by atoms with E-state index < -0.39 is 22.2 Å². The lowest BCUT2D eigenvalue weighted by atomic mass is 10.0. The predicted molar refractivity (Wildman–Crippen MR) is 121 cm³/mol. The van der Waals surface area contributed by atoms with Crippen LogP contribution in [-0.2, 0) is 14.8 Å². The van der Waals surface area contributed by atoms with Gasteiger partial charge in [-0.05, 0) is 37.1 Å². The predicted octanol–water partition coefficient (Wildman–Crippen LogP) is 1.92. The van der Waals surface area contributed by atoms with E-state index in [1.165, 1.54) is 59.2 Å². The minimum atomic E-state index is -3.89. The number of carbonyl (C=O) groups excluding carboxylic acids is 1. The number of nitrogens with zero attached hydrogens (tertiary/aromatic N) is 4. The average molecular weight is 485 g/mol. The van der Waals surface area contributed by atoms with Crippen LogP contribution >= 0.6 is 11.6 Å². The number of likely N-dealkylation sites (N-methyl/N-ethyl adjacent to an activating group) is 1. The standard InChI is InChI=1S/C21H29ClN4O5S/c1-15(20(31-4)13-25(3)21(28)19-11-23-9-10-24-19)12-26(16(2)14-27)32(29,30)18-7-5-17(22)6-8-18/h5-11,15-16,20,27H,12-14H2,1-4H3/t15-,16+,20+/m1/s1. The molecule has 1 aromatic carbocycles. The van der Waals surface area contributed by atoms with Gasteiger partial charge in [-0.3, -0.25) is 9.78 Å². The fraction of sp³-hybridized carbons (Fsp3) is 0.476. The molecule has 0 saturated heterocycles. The number of aromatic nitrogens is 2. The first-order valence-corrected chi connectivity index (χ1v) is 11.9. The molecule has 176 valence electrons. The molecule has 1 heterocycles. The van der Waals surface area contributed by atoms with Gasteiger partial charge in [0.1, 0.15) is 5.69 Å². The van der Waals surface area contributed by atoms with Crippen molar-refractivity contribution >= 4 is 27.5 Å². The van der Waals surface area contributed by atoms with E-state index in [2.05, 4.69) is 9.97 Å². The summed E-state index contributed by atoms with van der Waals surface area (Å²) in [4.78, 5) is 22.0. The molecule has 0 saturated carbocycles. The Labute approximate surface area is 194 Å². The Morgan fingerprint density at radius 2 is 1.84 bits per heavy atom. The van der Waals surface area contributed by atoms with Crippen LogP contribution in [0, 0.1) is 5.92 Å². The Kier molecular flexibility index (Phi) is 9.53. The van der Waals surface area contributed by atoms with Crippen molar-refractivity contribution in [3.8, 4) is 0 Å². The van der Waals surface area contributed by atoms with Crippen LogP contribution in [-0.4, -0.2) is 84.6 Å². The van der Waals surface area contributed by atoms with E-state index in [0.717, 1.165) is 0 Å². The minimum Gasteiger partial charge on any atom is -0.395 e. The average Bonchev–Trinajstić information content (AvgIpc) is 2.80. The third-order valence-corrected chi connectivity index (χ3v) is 7.41. The fourth-order valence-corrected chi connectivity index (χ4v) is 5.04. The van der Waals surface area contributed by atoms with E-state index in [1.807, 2.05) is 6.92 Å². The summed E-state index contributed by atoms with van der Waals surface area (Å²) in [6.45, 7) is 3.42. The third kappa shape index (κ3) is 6.46. The molecule has 0 aliphatic heterocycles.